The molecule has 2 saturated heterocycles. The van der Waals surface area contributed by atoms with E-state index in [1.807, 2.05) is 0 Å². The molecule has 2 nitrogen and oxygen atoms in total. The van der Waals surface area contributed by atoms with Crippen LogP contribution in [0.3, 0.4) is 0 Å². The van der Waals surface area contributed by atoms with E-state index in [4.69, 9.17) is 0 Å². The minimum Gasteiger partial charge on any atom is -0.316 e. The predicted molar refractivity (Wildman–Crippen MR) is 69.7 cm³/mol. The summed E-state index contributed by atoms with van der Waals surface area (Å²) in [7, 11) is 0. The van der Waals surface area contributed by atoms with Gasteiger partial charge in [-0.25, -0.2) is 0 Å². The van der Waals surface area contributed by atoms with Crippen LogP contribution in [0.5, 0.6) is 0 Å². The molecule has 2 rings (SSSR count). The van der Waals surface area contributed by atoms with Crippen LogP contribution in [0.4, 0.5) is 0 Å². The summed E-state index contributed by atoms with van der Waals surface area (Å²) in [4.78, 5) is 2.71. The van der Waals surface area contributed by atoms with Crippen molar-refractivity contribution in [2.45, 2.75) is 46.0 Å². The van der Waals surface area contributed by atoms with Crippen LogP contribution in [-0.2, 0) is 0 Å². The molecule has 0 radical (unpaired) electrons. The van der Waals surface area contributed by atoms with Gasteiger partial charge in [0.25, 0.3) is 0 Å². The van der Waals surface area contributed by atoms with Gasteiger partial charge in [-0.3, -0.25) is 0 Å². The Labute approximate surface area is 101 Å². The lowest BCUT2D eigenvalue weighted by Crippen LogP contribution is -2.42. The Morgan fingerprint density at radius 2 is 1.81 bits per heavy atom. The number of likely N-dealkylation sites (tertiary alicyclic amines) is 1. The molecule has 0 aromatic heterocycles. The molecule has 0 aliphatic carbocycles. The number of rotatable bonds is 4. The average Bonchev–Trinajstić information content (AvgIpc) is 2.77. The molecule has 0 amide bonds. The maximum atomic E-state index is 3.54. The molecule has 0 atom stereocenters. The lowest BCUT2D eigenvalue weighted by molar-refractivity contribution is 0.103. The summed E-state index contributed by atoms with van der Waals surface area (Å²) in [5.41, 5.74) is 0.685. The highest BCUT2D eigenvalue weighted by molar-refractivity contribution is 4.92. The summed E-state index contributed by atoms with van der Waals surface area (Å²) in [6, 6.07) is 0. The Hall–Kier alpha value is -0.0800. The third kappa shape index (κ3) is 2.78. The predicted octanol–water partition coefficient (Wildman–Crippen LogP) is 2.50. The summed E-state index contributed by atoms with van der Waals surface area (Å²) >= 11 is 0. The van der Waals surface area contributed by atoms with E-state index >= 15 is 0 Å². The van der Waals surface area contributed by atoms with Crippen molar-refractivity contribution in [2.75, 3.05) is 32.7 Å². The second-order valence-electron chi connectivity index (χ2n) is 5.91. The Balaban J connectivity index is 1.76. The van der Waals surface area contributed by atoms with Gasteiger partial charge in [0.05, 0.1) is 0 Å². The molecule has 0 bridgehead atoms. The zero-order valence-electron chi connectivity index (χ0n) is 11.1. The van der Waals surface area contributed by atoms with Crippen molar-refractivity contribution in [3.05, 3.63) is 0 Å². The highest BCUT2D eigenvalue weighted by atomic mass is 15.1. The van der Waals surface area contributed by atoms with Crippen LogP contribution in [0.1, 0.15) is 46.0 Å². The quantitative estimate of drug-likeness (QED) is 0.789. The number of nitrogens with zero attached hydrogens (tertiary/aromatic N) is 1. The van der Waals surface area contributed by atoms with Gasteiger partial charge < -0.3 is 10.2 Å². The van der Waals surface area contributed by atoms with E-state index in [1.165, 1.54) is 64.8 Å². The maximum Gasteiger partial charge on any atom is 0.000946 e. The van der Waals surface area contributed by atoms with Crippen LogP contribution in [0.25, 0.3) is 0 Å². The van der Waals surface area contributed by atoms with Gasteiger partial charge in [0.1, 0.15) is 0 Å². The first-order valence-electron chi connectivity index (χ1n) is 7.21. The molecule has 2 aliphatic rings. The van der Waals surface area contributed by atoms with Crippen molar-refractivity contribution < 1.29 is 0 Å². The van der Waals surface area contributed by atoms with Crippen molar-refractivity contribution in [3.63, 3.8) is 0 Å². The number of piperidine rings is 1. The maximum absolute atomic E-state index is 3.54. The van der Waals surface area contributed by atoms with Crippen molar-refractivity contribution >= 4 is 0 Å². The lowest BCUT2D eigenvalue weighted by atomic mass is 9.77. The van der Waals surface area contributed by atoms with Crippen LogP contribution in [0.2, 0.25) is 0 Å². The standard InChI is InChI=1S/C14H28N2/c1-3-13(4-2)11-16-9-6-14(7-10-16)5-8-15-12-14/h13,15H,3-12H2,1-2H3. The number of hydrogen-bond acceptors (Lipinski definition) is 2. The molecule has 0 unspecified atom stereocenters. The van der Waals surface area contributed by atoms with Gasteiger partial charge in [-0.2, -0.15) is 0 Å². The van der Waals surface area contributed by atoms with Gasteiger partial charge >= 0.3 is 0 Å². The summed E-state index contributed by atoms with van der Waals surface area (Å²) < 4.78 is 0. The van der Waals surface area contributed by atoms with Gasteiger partial charge in [-0.05, 0) is 50.2 Å². The average molecular weight is 224 g/mol. The van der Waals surface area contributed by atoms with Crippen molar-refractivity contribution in [2.24, 2.45) is 11.3 Å². The molecule has 0 aromatic rings. The van der Waals surface area contributed by atoms with Crippen molar-refractivity contribution in [1.29, 1.82) is 0 Å². The zero-order chi connectivity index (χ0) is 11.4. The molecule has 94 valence electrons. The first-order valence-corrected chi connectivity index (χ1v) is 7.21. The van der Waals surface area contributed by atoms with Crippen LogP contribution in [-0.4, -0.2) is 37.6 Å². The highest BCUT2D eigenvalue weighted by Crippen LogP contribution is 2.37. The molecule has 1 N–H and O–H groups in total. The third-order valence-corrected chi connectivity index (χ3v) is 4.92. The monoisotopic (exact) mass is 224 g/mol. The van der Waals surface area contributed by atoms with E-state index in [-0.39, 0.29) is 0 Å². The van der Waals surface area contributed by atoms with Crippen LogP contribution in [0, 0.1) is 11.3 Å². The fraction of sp³-hybridized carbons (Fsp3) is 1.00. The summed E-state index contributed by atoms with van der Waals surface area (Å²) in [5.74, 6) is 0.927. The molecule has 2 fully saturated rings. The molecule has 2 heterocycles. The SMILES string of the molecule is CCC(CC)CN1CCC2(CCNC2)CC1. The molecule has 0 saturated carbocycles. The summed E-state index contributed by atoms with van der Waals surface area (Å²) in [5, 5.41) is 3.54. The first kappa shape index (κ1) is 12.4. The minimum atomic E-state index is 0.685. The lowest BCUT2D eigenvalue weighted by Gasteiger charge is -2.40. The van der Waals surface area contributed by atoms with Gasteiger partial charge in [0, 0.05) is 13.1 Å². The van der Waals surface area contributed by atoms with E-state index in [9.17, 15) is 0 Å². The summed E-state index contributed by atoms with van der Waals surface area (Å²) in [6.45, 7) is 11.2. The normalized spacial score (nSPS) is 25.7. The molecule has 0 aromatic carbocycles. The first-order chi connectivity index (χ1) is 7.78. The van der Waals surface area contributed by atoms with Crippen LogP contribution >= 0.6 is 0 Å². The molecular weight excluding hydrogens is 196 g/mol. The van der Waals surface area contributed by atoms with E-state index in [1.54, 1.807) is 0 Å². The van der Waals surface area contributed by atoms with E-state index in [2.05, 4.69) is 24.1 Å². The molecule has 16 heavy (non-hydrogen) atoms. The molecule has 1 spiro atoms. The Morgan fingerprint density at radius 1 is 1.12 bits per heavy atom. The smallest absolute Gasteiger partial charge is 0.000946 e. The summed E-state index contributed by atoms with van der Waals surface area (Å²) in [6.07, 6.45) is 6.98. The zero-order valence-corrected chi connectivity index (χ0v) is 11.1. The van der Waals surface area contributed by atoms with E-state index in [0.717, 1.165) is 5.92 Å². The largest absolute Gasteiger partial charge is 0.316 e. The van der Waals surface area contributed by atoms with E-state index in [0.29, 0.717) is 5.41 Å². The fourth-order valence-electron chi connectivity index (χ4n) is 3.34. The van der Waals surface area contributed by atoms with Gasteiger partial charge in [-0.1, -0.05) is 26.7 Å². The van der Waals surface area contributed by atoms with Crippen LogP contribution in [0.15, 0.2) is 0 Å². The Morgan fingerprint density at radius 3 is 2.31 bits per heavy atom. The second kappa shape index (κ2) is 5.50. The third-order valence-electron chi connectivity index (χ3n) is 4.92. The Kier molecular flexibility index (Phi) is 4.26. The molecule has 2 heteroatoms. The van der Waals surface area contributed by atoms with E-state index < -0.39 is 0 Å². The minimum absolute atomic E-state index is 0.685. The van der Waals surface area contributed by atoms with Gasteiger partial charge in [0.15, 0.2) is 0 Å². The fourth-order valence-corrected chi connectivity index (χ4v) is 3.34. The van der Waals surface area contributed by atoms with Crippen molar-refractivity contribution in [3.8, 4) is 0 Å². The number of nitrogens with one attached hydrogen (secondary N) is 1. The Bertz CT molecular complexity index is 195. The highest BCUT2D eigenvalue weighted by Gasteiger charge is 2.36. The number of hydrogen-bond donors (Lipinski definition) is 1. The van der Waals surface area contributed by atoms with Crippen molar-refractivity contribution in [1.82, 2.24) is 10.2 Å². The van der Waals surface area contributed by atoms with Crippen LogP contribution < -0.4 is 5.32 Å². The van der Waals surface area contributed by atoms with Gasteiger partial charge in [0.2, 0.25) is 0 Å². The topological polar surface area (TPSA) is 15.3 Å². The molecule has 2 aliphatic heterocycles. The molecular formula is C14H28N2. The van der Waals surface area contributed by atoms with Gasteiger partial charge in [-0.15, -0.1) is 0 Å². The second-order valence-corrected chi connectivity index (χ2v) is 5.91.